The summed E-state index contributed by atoms with van der Waals surface area (Å²) in [6.07, 6.45) is 1.63. The van der Waals surface area contributed by atoms with Crippen LogP contribution in [0.3, 0.4) is 0 Å². The number of furan rings is 1. The molecule has 1 aromatic heterocycles. The SMILES string of the molecule is COCC(N)C(=O)N1CCCC(NC(=O)c2cc3ccccc3o2)C1. The molecule has 7 heteroatoms. The van der Waals surface area contributed by atoms with E-state index in [1.807, 2.05) is 24.3 Å². The van der Waals surface area contributed by atoms with Crippen molar-refractivity contribution < 1.29 is 18.7 Å². The van der Waals surface area contributed by atoms with Gasteiger partial charge >= 0.3 is 0 Å². The van der Waals surface area contributed by atoms with Crippen molar-refractivity contribution in [2.45, 2.75) is 24.9 Å². The van der Waals surface area contributed by atoms with Gasteiger partial charge in [0.25, 0.3) is 5.91 Å². The molecule has 3 N–H and O–H groups in total. The fraction of sp³-hybridized carbons (Fsp3) is 0.444. The lowest BCUT2D eigenvalue weighted by Gasteiger charge is -2.34. The maximum Gasteiger partial charge on any atom is 0.287 e. The zero-order chi connectivity index (χ0) is 17.8. The highest BCUT2D eigenvalue weighted by Crippen LogP contribution is 2.19. The van der Waals surface area contributed by atoms with Gasteiger partial charge in [-0.1, -0.05) is 18.2 Å². The molecule has 2 amide bonds. The van der Waals surface area contributed by atoms with Crippen LogP contribution in [0.4, 0.5) is 0 Å². The van der Waals surface area contributed by atoms with Gasteiger partial charge in [0.15, 0.2) is 5.76 Å². The number of likely N-dealkylation sites (tertiary alicyclic amines) is 1. The van der Waals surface area contributed by atoms with Gasteiger partial charge < -0.3 is 25.1 Å². The second-order valence-electron chi connectivity index (χ2n) is 6.31. The van der Waals surface area contributed by atoms with Crippen LogP contribution in [0.2, 0.25) is 0 Å². The number of ether oxygens (including phenoxy) is 1. The Labute approximate surface area is 146 Å². The smallest absolute Gasteiger partial charge is 0.287 e. The number of fused-ring (bicyclic) bond motifs is 1. The van der Waals surface area contributed by atoms with E-state index in [1.54, 1.807) is 11.0 Å². The van der Waals surface area contributed by atoms with Gasteiger partial charge in [0.1, 0.15) is 11.6 Å². The van der Waals surface area contributed by atoms with E-state index in [2.05, 4.69) is 5.32 Å². The third kappa shape index (κ3) is 4.00. The number of nitrogens with one attached hydrogen (secondary N) is 1. The summed E-state index contributed by atoms with van der Waals surface area (Å²) < 4.78 is 10.5. The number of rotatable bonds is 5. The Balaban J connectivity index is 1.62. The first-order chi connectivity index (χ1) is 12.1. The van der Waals surface area contributed by atoms with Crippen LogP contribution in [-0.2, 0) is 9.53 Å². The van der Waals surface area contributed by atoms with Crippen LogP contribution in [0.1, 0.15) is 23.4 Å². The third-order valence-corrected chi connectivity index (χ3v) is 4.38. The number of benzene rings is 1. The normalized spacial score (nSPS) is 19.0. The molecule has 1 aromatic carbocycles. The third-order valence-electron chi connectivity index (χ3n) is 4.38. The van der Waals surface area contributed by atoms with E-state index in [9.17, 15) is 9.59 Å². The fourth-order valence-corrected chi connectivity index (χ4v) is 3.13. The lowest BCUT2D eigenvalue weighted by molar-refractivity contribution is -0.135. The summed E-state index contributed by atoms with van der Waals surface area (Å²) in [5, 5.41) is 3.84. The highest BCUT2D eigenvalue weighted by Gasteiger charge is 2.28. The number of hydrogen-bond donors (Lipinski definition) is 2. The van der Waals surface area contributed by atoms with E-state index < -0.39 is 6.04 Å². The van der Waals surface area contributed by atoms with E-state index in [0.29, 0.717) is 18.7 Å². The zero-order valence-electron chi connectivity index (χ0n) is 14.2. The van der Waals surface area contributed by atoms with Crippen molar-refractivity contribution in [3.8, 4) is 0 Å². The molecule has 0 aliphatic carbocycles. The van der Waals surface area contributed by atoms with Crippen LogP contribution in [0.15, 0.2) is 34.7 Å². The molecule has 1 fully saturated rings. The number of methoxy groups -OCH3 is 1. The highest BCUT2D eigenvalue weighted by atomic mass is 16.5. The Morgan fingerprint density at radius 1 is 1.44 bits per heavy atom. The summed E-state index contributed by atoms with van der Waals surface area (Å²) >= 11 is 0. The molecule has 1 aliphatic rings. The molecule has 0 radical (unpaired) electrons. The number of piperidine rings is 1. The fourth-order valence-electron chi connectivity index (χ4n) is 3.13. The minimum atomic E-state index is -0.671. The monoisotopic (exact) mass is 345 g/mol. The molecular formula is C18H23N3O4. The standard InChI is InChI=1S/C18H23N3O4/c1-24-11-14(19)18(23)21-8-4-6-13(10-21)20-17(22)16-9-12-5-2-3-7-15(12)25-16/h2-3,5,7,9,13-14H,4,6,8,10-11,19H2,1H3,(H,20,22). The van der Waals surface area contributed by atoms with Crippen molar-refractivity contribution in [2.24, 2.45) is 5.73 Å². The predicted octanol–water partition coefficient (Wildman–Crippen LogP) is 1.13. The molecule has 0 bridgehead atoms. The van der Waals surface area contributed by atoms with Gasteiger partial charge in [-0.2, -0.15) is 0 Å². The van der Waals surface area contributed by atoms with Crippen LogP contribution in [-0.4, -0.2) is 55.6 Å². The van der Waals surface area contributed by atoms with Crippen LogP contribution >= 0.6 is 0 Å². The molecule has 0 spiro atoms. The lowest BCUT2D eigenvalue weighted by Crippen LogP contribution is -2.54. The molecule has 2 atom stereocenters. The van der Waals surface area contributed by atoms with Gasteiger partial charge in [-0.25, -0.2) is 0 Å². The Morgan fingerprint density at radius 2 is 2.24 bits per heavy atom. The molecular weight excluding hydrogens is 322 g/mol. The summed E-state index contributed by atoms with van der Waals surface area (Å²) in [6.45, 7) is 1.28. The van der Waals surface area contributed by atoms with Gasteiger partial charge in [-0.15, -0.1) is 0 Å². The summed E-state index contributed by atoms with van der Waals surface area (Å²) in [5.74, 6) is -0.137. The summed E-state index contributed by atoms with van der Waals surface area (Å²) in [7, 11) is 1.51. The molecule has 3 rings (SSSR count). The average Bonchev–Trinajstić information content (AvgIpc) is 3.06. The molecule has 0 saturated carbocycles. The topological polar surface area (TPSA) is 97.8 Å². The number of carbonyl (C=O) groups is 2. The Morgan fingerprint density at radius 3 is 3.00 bits per heavy atom. The molecule has 2 aromatic rings. The van der Waals surface area contributed by atoms with Crippen molar-refractivity contribution in [1.29, 1.82) is 0 Å². The van der Waals surface area contributed by atoms with Gasteiger partial charge in [0.2, 0.25) is 5.91 Å². The maximum absolute atomic E-state index is 12.4. The number of para-hydroxylation sites is 1. The largest absolute Gasteiger partial charge is 0.451 e. The van der Waals surface area contributed by atoms with E-state index >= 15 is 0 Å². The quantitative estimate of drug-likeness (QED) is 0.846. The number of nitrogens with zero attached hydrogens (tertiary/aromatic N) is 1. The molecule has 2 heterocycles. The van der Waals surface area contributed by atoms with Crippen molar-refractivity contribution in [2.75, 3.05) is 26.8 Å². The molecule has 134 valence electrons. The predicted molar refractivity (Wildman–Crippen MR) is 93.1 cm³/mol. The van der Waals surface area contributed by atoms with Gasteiger partial charge in [0.05, 0.1) is 6.61 Å². The number of amides is 2. The van der Waals surface area contributed by atoms with Crippen LogP contribution < -0.4 is 11.1 Å². The number of nitrogens with two attached hydrogens (primary N) is 1. The second-order valence-corrected chi connectivity index (χ2v) is 6.31. The first kappa shape index (κ1) is 17.4. The van der Waals surface area contributed by atoms with Gasteiger partial charge in [0, 0.05) is 31.6 Å². The van der Waals surface area contributed by atoms with Gasteiger partial charge in [-0.05, 0) is 25.0 Å². The second kappa shape index (κ2) is 7.67. The first-order valence-corrected chi connectivity index (χ1v) is 8.41. The minimum absolute atomic E-state index is 0.117. The Bertz CT molecular complexity index is 725. The number of carbonyl (C=O) groups excluding carboxylic acids is 2. The van der Waals surface area contributed by atoms with E-state index in [4.69, 9.17) is 14.9 Å². The maximum atomic E-state index is 12.4. The van der Waals surface area contributed by atoms with Crippen molar-refractivity contribution in [3.05, 3.63) is 36.1 Å². The molecule has 25 heavy (non-hydrogen) atoms. The minimum Gasteiger partial charge on any atom is -0.451 e. The van der Waals surface area contributed by atoms with E-state index in [0.717, 1.165) is 18.2 Å². The van der Waals surface area contributed by atoms with Crippen LogP contribution in [0, 0.1) is 0 Å². The van der Waals surface area contributed by atoms with Crippen molar-refractivity contribution in [1.82, 2.24) is 10.2 Å². The average molecular weight is 345 g/mol. The van der Waals surface area contributed by atoms with Crippen LogP contribution in [0.25, 0.3) is 11.0 Å². The van der Waals surface area contributed by atoms with E-state index in [1.165, 1.54) is 7.11 Å². The summed E-state index contributed by atoms with van der Waals surface area (Å²) in [6, 6.07) is 8.42. The van der Waals surface area contributed by atoms with Crippen LogP contribution in [0.5, 0.6) is 0 Å². The molecule has 2 unspecified atom stereocenters. The van der Waals surface area contributed by atoms with Crippen molar-refractivity contribution in [3.63, 3.8) is 0 Å². The molecule has 7 nitrogen and oxygen atoms in total. The molecule has 1 saturated heterocycles. The highest BCUT2D eigenvalue weighted by molar-refractivity contribution is 5.96. The first-order valence-electron chi connectivity index (χ1n) is 8.41. The van der Waals surface area contributed by atoms with E-state index in [-0.39, 0.29) is 30.2 Å². The summed E-state index contributed by atoms with van der Waals surface area (Å²) in [5.41, 5.74) is 6.50. The number of hydrogen-bond acceptors (Lipinski definition) is 5. The zero-order valence-corrected chi connectivity index (χ0v) is 14.2. The van der Waals surface area contributed by atoms with Crippen molar-refractivity contribution >= 4 is 22.8 Å². The lowest BCUT2D eigenvalue weighted by atomic mass is 10.0. The Hall–Kier alpha value is -2.38. The Kier molecular flexibility index (Phi) is 5.35. The molecule has 1 aliphatic heterocycles. The van der Waals surface area contributed by atoms with Gasteiger partial charge in [-0.3, -0.25) is 9.59 Å². The summed E-state index contributed by atoms with van der Waals surface area (Å²) in [4.78, 5) is 26.4.